The second kappa shape index (κ2) is 11.2. The zero-order valence-corrected chi connectivity index (χ0v) is 14.1. The quantitative estimate of drug-likeness (QED) is 0.541. The van der Waals surface area contributed by atoms with Gasteiger partial charge in [0.05, 0.1) is 31.8 Å². The standard InChI is InChI=1S/2C6H4N2O4.2ClH/c2*9-7(10)5-2-1-3-6(4-5)8(11)12;;/h2*1-4H;2*1H. The summed E-state index contributed by atoms with van der Waals surface area (Å²) < 4.78 is 0. The molecule has 0 aliphatic heterocycles. The summed E-state index contributed by atoms with van der Waals surface area (Å²) in [6.45, 7) is 0. The molecular weight excluding hydrogens is 399 g/mol. The van der Waals surface area contributed by atoms with Crippen LogP contribution in [-0.2, 0) is 0 Å². The smallest absolute Gasteiger partial charge is 0.258 e. The Kier molecular flexibility index (Phi) is 10.7. The van der Waals surface area contributed by atoms with Crippen molar-refractivity contribution < 1.29 is 19.7 Å². The molecule has 0 atom stereocenters. The molecule has 0 spiro atoms. The molecule has 12 nitrogen and oxygen atoms in total. The van der Waals surface area contributed by atoms with Gasteiger partial charge in [-0.1, -0.05) is 0 Å². The highest BCUT2D eigenvalue weighted by atomic mass is 35.5. The highest BCUT2D eigenvalue weighted by Crippen LogP contribution is 2.19. The molecule has 0 N–H and O–H groups in total. The number of non-ortho nitro benzene ring substituents is 4. The van der Waals surface area contributed by atoms with Gasteiger partial charge in [-0.15, -0.1) is 24.8 Å². The van der Waals surface area contributed by atoms with Gasteiger partial charge in [0.25, 0.3) is 22.7 Å². The molecule has 0 saturated heterocycles. The molecule has 2 aromatic rings. The first-order valence-electron chi connectivity index (χ1n) is 6.00. The number of hydrogen-bond acceptors (Lipinski definition) is 8. The third-order valence-electron chi connectivity index (χ3n) is 2.50. The summed E-state index contributed by atoms with van der Waals surface area (Å²) in [5.74, 6) is 0. The molecule has 140 valence electrons. The Balaban J connectivity index is 0. The van der Waals surface area contributed by atoms with E-state index in [0.717, 1.165) is 12.1 Å². The molecule has 0 fully saturated rings. The van der Waals surface area contributed by atoms with E-state index in [1.807, 2.05) is 0 Å². The second-order valence-corrected chi connectivity index (χ2v) is 4.07. The van der Waals surface area contributed by atoms with Crippen molar-refractivity contribution in [1.82, 2.24) is 0 Å². The van der Waals surface area contributed by atoms with Gasteiger partial charge in [0.15, 0.2) is 0 Å². The fraction of sp³-hybridized carbons (Fsp3) is 0. The molecule has 26 heavy (non-hydrogen) atoms. The van der Waals surface area contributed by atoms with E-state index in [-0.39, 0.29) is 47.6 Å². The van der Waals surface area contributed by atoms with Gasteiger partial charge in [0.1, 0.15) is 0 Å². The molecule has 0 radical (unpaired) electrons. The number of nitro groups is 4. The van der Waals surface area contributed by atoms with E-state index < -0.39 is 19.7 Å². The van der Waals surface area contributed by atoms with E-state index >= 15 is 0 Å². The molecule has 0 aromatic heterocycles. The van der Waals surface area contributed by atoms with E-state index in [2.05, 4.69) is 0 Å². The zero-order valence-electron chi connectivity index (χ0n) is 12.5. The van der Waals surface area contributed by atoms with Crippen LogP contribution < -0.4 is 0 Å². The number of rotatable bonds is 4. The van der Waals surface area contributed by atoms with Crippen LogP contribution in [0.3, 0.4) is 0 Å². The van der Waals surface area contributed by atoms with E-state index in [9.17, 15) is 40.5 Å². The van der Waals surface area contributed by atoms with Crippen LogP contribution in [0.25, 0.3) is 0 Å². The first kappa shape index (κ1) is 24.9. The Morgan fingerprint density at radius 2 is 0.692 bits per heavy atom. The zero-order chi connectivity index (χ0) is 18.3. The van der Waals surface area contributed by atoms with Gasteiger partial charge in [0.2, 0.25) is 0 Å². The van der Waals surface area contributed by atoms with Crippen molar-refractivity contribution in [2.75, 3.05) is 0 Å². The van der Waals surface area contributed by atoms with Gasteiger partial charge >= 0.3 is 0 Å². The van der Waals surface area contributed by atoms with E-state index in [0.29, 0.717) is 0 Å². The first-order chi connectivity index (χ1) is 11.2. The Bertz CT molecular complexity index is 691. The van der Waals surface area contributed by atoms with Crippen molar-refractivity contribution in [1.29, 1.82) is 0 Å². The minimum atomic E-state index is -0.674. The van der Waals surface area contributed by atoms with Crippen LogP contribution in [0.15, 0.2) is 48.5 Å². The fourth-order valence-electron chi connectivity index (χ4n) is 1.44. The Morgan fingerprint density at radius 3 is 0.846 bits per heavy atom. The van der Waals surface area contributed by atoms with Crippen LogP contribution in [-0.4, -0.2) is 19.7 Å². The third-order valence-corrected chi connectivity index (χ3v) is 2.50. The monoisotopic (exact) mass is 408 g/mol. The summed E-state index contributed by atoms with van der Waals surface area (Å²) in [5, 5.41) is 40.6. The van der Waals surface area contributed by atoms with Crippen LogP contribution in [0.4, 0.5) is 22.7 Å². The van der Waals surface area contributed by atoms with Gasteiger partial charge in [0, 0.05) is 24.3 Å². The Morgan fingerprint density at radius 1 is 0.500 bits per heavy atom. The lowest BCUT2D eigenvalue weighted by atomic mass is 10.3. The SMILES string of the molecule is Cl.Cl.O=[N+]([O-])c1cccc([N+](=O)[O-])c1.O=[N+]([O-])c1cccc([N+](=O)[O-])c1. The second-order valence-electron chi connectivity index (χ2n) is 4.07. The molecule has 14 heteroatoms. The minimum absolute atomic E-state index is 0. The average Bonchev–Trinajstić information content (AvgIpc) is 2.55. The molecule has 0 aliphatic rings. The van der Waals surface area contributed by atoms with Crippen LogP contribution in [0.5, 0.6) is 0 Å². The highest BCUT2D eigenvalue weighted by Gasteiger charge is 2.12. The number of nitro benzene ring substituents is 4. The molecule has 2 aromatic carbocycles. The summed E-state index contributed by atoms with van der Waals surface area (Å²) >= 11 is 0. The van der Waals surface area contributed by atoms with E-state index in [4.69, 9.17) is 0 Å². The predicted molar refractivity (Wildman–Crippen MR) is 94.0 cm³/mol. The molecule has 0 unspecified atom stereocenters. The number of nitrogens with zero attached hydrogens (tertiary/aromatic N) is 4. The molecule has 0 amide bonds. The van der Waals surface area contributed by atoms with Gasteiger partial charge in [-0.2, -0.15) is 0 Å². The summed E-state index contributed by atoms with van der Waals surface area (Å²) in [6, 6.07) is 9.19. The largest absolute Gasteiger partial charge is 0.276 e. The van der Waals surface area contributed by atoms with Crippen LogP contribution >= 0.6 is 24.8 Å². The molecule has 0 heterocycles. The van der Waals surface area contributed by atoms with Crippen molar-refractivity contribution in [2.45, 2.75) is 0 Å². The van der Waals surface area contributed by atoms with Crippen molar-refractivity contribution in [3.8, 4) is 0 Å². The Hall–Kier alpha value is -3.38. The lowest BCUT2D eigenvalue weighted by Gasteiger charge is -1.90. The molecular formula is C12H10Cl2N4O8. The van der Waals surface area contributed by atoms with Crippen LogP contribution in [0.1, 0.15) is 0 Å². The summed E-state index contributed by atoms with van der Waals surface area (Å²) in [6.07, 6.45) is 0. The van der Waals surface area contributed by atoms with Crippen molar-refractivity contribution in [3.63, 3.8) is 0 Å². The molecule has 0 bridgehead atoms. The normalized spacial score (nSPS) is 8.62. The molecule has 2 rings (SSSR count). The number of halogens is 2. The van der Waals surface area contributed by atoms with Gasteiger partial charge in [-0.3, -0.25) is 40.5 Å². The maximum Gasteiger partial charge on any atom is 0.276 e. The highest BCUT2D eigenvalue weighted by molar-refractivity contribution is 5.85. The summed E-state index contributed by atoms with van der Waals surface area (Å²) in [4.78, 5) is 37.9. The van der Waals surface area contributed by atoms with Crippen molar-refractivity contribution in [2.24, 2.45) is 0 Å². The number of hydrogen-bond donors (Lipinski definition) is 0. The molecule has 0 aliphatic carbocycles. The van der Waals surface area contributed by atoms with Gasteiger partial charge in [-0.05, 0) is 12.1 Å². The maximum absolute atomic E-state index is 10.2. The topological polar surface area (TPSA) is 173 Å². The molecule has 0 saturated carbocycles. The van der Waals surface area contributed by atoms with Crippen LogP contribution in [0, 0.1) is 40.5 Å². The predicted octanol–water partition coefficient (Wildman–Crippen LogP) is 3.85. The summed E-state index contributed by atoms with van der Waals surface area (Å²) in [7, 11) is 0. The Labute approximate surface area is 156 Å². The third kappa shape index (κ3) is 7.46. The van der Waals surface area contributed by atoms with Crippen LogP contribution in [0.2, 0.25) is 0 Å². The van der Waals surface area contributed by atoms with Crippen molar-refractivity contribution in [3.05, 3.63) is 89.0 Å². The minimum Gasteiger partial charge on any atom is -0.258 e. The van der Waals surface area contributed by atoms with Gasteiger partial charge in [-0.25, -0.2) is 0 Å². The lowest BCUT2D eigenvalue weighted by molar-refractivity contribution is -0.394. The van der Waals surface area contributed by atoms with E-state index in [1.165, 1.54) is 36.4 Å². The summed E-state index contributed by atoms with van der Waals surface area (Å²) in [5.41, 5.74) is -1.10. The maximum atomic E-state index is 10.2. The lowest BCUT2D eigenvalue weighted by Crippen LogP contribution is -1.91. The average molecular weight is 409 g/mol. The van der Waals surface area contributed by atoms with Gasteiger partial charge < -0.3 is 0 Å². The first-order valence-corrected chi connectivity index (χ1v) is 6.00. The van der Waals surface area contributed by atoms with E-state index in [1.54, 1.807) is 0 Å². The van der Waals surface area contributed by atoms with Crippen molar-refractivity contribution >= 4 is 47.6 Å². The number of benzene rings is 2. The fourth-order valence-corrected chi connectivity index (χ4v) is 1.44.